The number of carbonyl (C=O) groups excluding carboxylic acids is 3. The van der Waals surface area contributed by atoms with Crippen molar-refractivity contribution >= 4 is 23.6 Å². The molecule has 0 bridgehead atoms. The fraction of sp³-hybridized carbons (Fsp3) is 0.471. The van der Waals surface area contributed by atoms with Crippen molar-refractivity contribution in [2.45, 2.75) is 31.2 Å². The Morgan fingerprint density at radius 1 is 1.13 bits per heavy atom. The van der Waals surface area contributed by atoms with Crippen molar-refractivity contribution in [1.29, 1.82) is 0 Å². The Bertz CT molecular complexity index is 688. The highest BCUT2D eigenvalue weighted by Crippen LogP contribution is 2.43. The first-order chi connectivity index (χ1) is 11.1. The minimum absolute atomic E-state index is 0.467. The molecule has 1 aliphatic carbocycles. The molecular weight excluding hydrogens is 294 g/mol. The summed E-state index contributed by atoms with van der Waals surface area (Å²) in [6.07, 6.45) is 5.35. The summed E-state index contributed by atoms with van der Waals surface area (Å²) in [5.74, 6) is -1.02. The average molecular weight is 313 g/mol. The molecule has 2 amide bonds. The fourth-order valence-corrected chi connectivity index (χ4v) is 3.45. The van der Waals surface area contributed by atoms with Gasteiger partial charge in [0.2, 0.25) is 6.08 Å². The lowest BCUT2D eigenvalue weighted by Crippen LogP contribution is -2.53. The van der Waals surface area contributed by atoms with Gasteiger partial charge in [0.15, 0.2) is 0 Å². The van der Waals surface area contributed by atoms with Gasteiger partial charge in [0, 0.05) is 25.8 Å². The summed E-state index contributed by atoms with van der Waals surface area (Å²) in [5, 5.41) is 0. The Balaban J connectivity index is 1.95. The summed E-state index contributed by atoms with van der Waals surface area (Å²) in [6, 6.07) is 7.47. The van der Waals surface area contributed by atoms with Crippen molar-refractivity contribution in [3.8, 4) is 0 Å². The van der Waals surface area contributed by atoms with Crippen LogP contribution in [-0.4, -0.2) is 42.9 Å². The number of anilines is 1. The standard InChI is InChI=1S/C17H19N3O3/c1-19-9-10-20(16(23)15(19)22)14-6-4-5-13(11-14)17(18-12-21)7-2-3-8-17/h4-6,11H,2-3,7-10H2,1H3. The molecule has 0 atom stereocenters. The first kappa shape index (κ1) is 15.4. The molecule has 1 heterocycles. The van der Waals surface area contributed by atoms with Crippen molar-refractivity contribution in [3.05, 3.63) is 29.8 Å². The Kier molecular flexibility index (Phi) is 4.01. The zero-order valence-corrected chi connectivity index (χ0v) is 13.1. The normalized spacial score (nSPS) is 20.6. The van der Waals surface area contributed by atoms with Gasteiger partial charge in [0.25, 0.3) is 0 Å². The first-order valence-electron chi connectivity index (χ1n) is 7.84. The minimum atomic E-state index is -0.530. The van der Waals surface area contributed by atoms with Gasteiger partial charge in [0.1, 0.15) is 0 Å². The van der Waals surface area contributed by atoms with Gasteiger partial charge in [-0.25, -0.2) is 4.79 Å². The van der Waals surface area contributed by atoms with Gasteiger partial charge in [0.05, 0.1) is 5.54 Å². The predicted molar refractivity (Wildman–Crippen MR) is 84.7 cm³/mol. The molecule has 0 N–H and O–H groups in total. The summed E-state index contributed by atoms with van der Waals surface area (Å²) in [5.41, 5.74) is 1.06. The van der Waals surface area contributed by atoms with E-state index in [0.717, 1.165) is 31.2 Å². The fourth-order valence-electron chi connectivity index (χ4n) is 3.45. The van der Waals surface area contributed by atoms with E-state index in [2.05, 4.69) is 4.99 Å². The first-order valence-corrected chi connectivity index (χ1v) is 7.84. The van der Waals surface area contributed by atoms with Crippen LogP contribution in [0.1, 0.15) is 31.2 Å². The number of isocyanates is 1. The van der Waals surface area contributed by atoms with Crippen molar-refractivity contribution in [2.24, 2.45) is 4.99 Å². The summed E-state index contributed by atoms with van der Waals surface area (Å²) in [6.45, 7) is 0.973. The number of hydrogen-bond donors (Lipinski definition) is 0. The summed E-state index contributed by atoms with van der Waals surface area (Å²) in [7, 11) is 1.63. The topological polar surface area (TPSA) is 70.0 Å². The zero-order valence-electron chi connectivity index (χ0n) is 13.1. The van der Waals surface area contributed by atoms with E-state index in [1.807, 2.05) is 24.3 Å². The SMILES string of the molecule is CN1CCN(c2cccc(C3(N=C=O)CCCC3)c2)C(=O)C1=O. The van der Waals surface area contributed by atoms with Crippen molar-refractivity contribution in [3.63, 3.8) is 0 Å². The van der Waals surface area contributed by atoms with E-state index in [9.17, 15) is 14.4 Å². The Morgan fingerprint density at radius 2 is 1.87 bits per heavy atom. The van der Waals surface area contributed by atoms with Gasteiger partial charge < -0.3 is 9.80 Å². The maximum Gasteiger partial charge on any atom is 0.316 e. The van der Waals surface area contributed by atoms with Gasteiger partial charge in [-0.2, -0.15) is 4.99 Å². The number of amides is 2. The highest BCUT2D eigenvalue weighted by atomic mass is 16.2. The number of hydrogen-bond acceptors (Lipinski definition) is 4. The van der Waals surface area contributed by atoms with E-state index in [-0.39, 0.29) is 0 Å². The number of benzene rings is 1. The highest BCUT2D eigenvalue weighted by molar-refractivity contribution is 6.40. The maximum absolute atomic E-state index is 12.2. The van der Waals surface area contributed by atoms with E-state index in [1.165, 1.54) is 9.80 Å². The molecule has 6 nitrogen and oxygen atoms in total. The lowest BCUT2D eigenvalue weighted by Gasteiger charge is -2.32. The van der Waals surface area contributed by atoms with E-state index in [4.69, 9.17) is 0 Å². The van der Waals surface area contributed by atoms with E-state index in [1.54, 1.807) is 13.1 Å². The molecule has 120 valence electrons. The van der Waals surface area contributed by atoms with Crippen LogP contribution in [0.25, 0.3) is 0 Å². The van der Waals surface area contributed by atoms with E-state index >= 15 is 0 Å². The molecule has 23 heavy (non-hydrogen) atoms. The maximum atomic E-state index is 12.2. The number of aliphatic imine (C=N–C) groups is 1. The van der Waals surface area contributed by atoms with Crippen molar-refractivity contribution in [1.82, 2.24) is 4.90 Å². The number of rotatable bonds is 3. The number of likely N-dealkylation sites (N-methyl/N-ethyl adjacent to an activating group) is 1. The molecule has 1 saturated carbocycles. The van der Waals surface area contributed by atoms with Crippen LogP contribution in [0.15, 0.2) is 29.3 Å². The third kappa shape index (κ3) is 2.66. The molecule has 6 heteroatoms. The summed E-state index contributed by atoms with van der Waals surface area (Å²) >= 11 is 0. The van der Waals surface area contributed by atoms with Crippen LogP contribution in [0.5, 0.6) is 0 Å². The molecule has 1 saturated heterocycles. The molecule has 1 aromatic rings. The molecule has 3 rings (SSSR count). The monoisotopic (exact) mass is 313 g/mol. The largest absolute Gasteiger partial charge is 0.336 e. The van der Waals surface area contributed by atoms with Crippen LogP contribution in [-0.2, 0) is 19.9 Å². The molecule has 0 radical (unpaired) electrons. The van der Waals surface area contributed by atoms with Crippen LogP contribution in [0, 0.1) is 0 Å². The Hall–Kier alpha value is -2.46. The van der Waals surface area contributed by atoms with E-state index < -0.39 is 17.4 Å². The molecule has 0 aromatic heterocycles. The molecule has 1 aliphatic heterocycles. The second-order valence-corrected chi connectivity index (χ2v) is 6.18. The van der Waals surface area contributed by atoms with Gasteiger partial charge in [-0.1, -0.05) is 25.0 Å². The van der Waals surface area contributed by atoms with Crippen LogP contribution in [0.2, 0.25) is 0 Å². The molecule has 1 aromatic carbocycles. The number of piperazine rings is 1. The molecule has 2 fully saturated rings. The highest BCUT2D eigenvalue weighted by Gasteiger charge is 2.37. The molecule has 2 aliphatic rings. The van der Waals surface area contributed by atoms with Crippen LogP contribution in [0.3, 0.4) is 0 Å². The Morgan fingerprint density at radius 3 is 2.57 bits per heavy atom. The van der Waals surface area contributed by atoms with E-state index in [0.29, 0.717) is 18.8 Å². The molecule has 0 unspecified atom stereocenters. The zero-order chi connectivity index (χ0) is 16.4. The third-order valence-corrected chi connectivity index (χ3v) is 4.82. The summed E-state index contributed by atoms with van der Waals surface area (Å²) in [4.78, 5) is 42.0. The number of nitrogens with zero attached hydrogens (tertiary/aromatic N) is 3. The molecular formula is C17H19N3O3. The van der Waals surface area contributed by atoms with Crippen LogP contribution in [0.4, 0.5) is 5.69 Å². The predicted octanol–water partition coefficient (Wildman–Crippen LogP) is 1.60. The second kappa shape index (κ2) is 5.97. The van der Waals surface area contributed by atoms with Gasteiger partial charge >= 0.3 is 11.8 Å². The van der Waals surface area contributed by atoms with Crippen LogP contribution >= 0.6 is 0 Å². The van der Waals surface area contributed by atoms with Gasteiger partial charge in [-0.05, 0) is 30.5 Å². The lowest BCUT2D eigenvalue weighted by molar-refractivity contribution is -0.145. The van der Waals surface area contributed by atoms with Crippen molar-refractivity contribution in [2.75, 3.05) is 25.0 Å². The van der Waals surface area contributed by atoms with Gasteiger partial charge in [-0.3, -0.25) is 9.59 Å². The molecule has 0 spiro atoms. The quantitative estimate of drug-likeness (QED) is 0.483. The van der Waals surface area contributed by atoms with Crippen LogP contribution < -0.4 is 4.90 Å². The van der Waals surface area contributed by atoms with Crippen molar-refractivity contribution < 1.29 is 14.4 Å². The lowest BCUT2D eigenvalue weighted by atomic mass is 9.88. The number of carbonyl (C=O) groups is 2. The third-order valence-electron chi connectivity index (χ3n) is 4.82. The summed E-state index contributed by atoms with van der Waals surface area (Å²) < 4.78 is 0. The second-order valence-electron chi connectivity index (χ2n) is 6.18. The smallest absolute Gasteiger partial charge is 0.316 e. The van der Waals surface area contributed by atoms with Gasteiger partial charge in [-0.15, -0.1) is 0 Å². The Labute approximate surface area is 134 Å². The minimum Gasteiger partial charge on any atom is -0.336 e. The average Bonchev–Trinajstić information content (AvgIpc) is 3.03.